The molecule has 0 unspecified atom stereocenters. The number of hydrogen-bond donors (Lipinski definition) is 1. The number of rotatable bonds is 8. The number of halogens is 1. The summed E-state index contributed by atoms with van der Waals surface area (Å²) in [5.41, 5.74) is 2.81. The van der Waals surface area contributed by atoms with Gasteiger partial charge in [0.1, 0.15) is 13.2 Å². The highest BCUT2D eigenvalue weighted by Gasteiger charge is 2.34. The van der Waals surface area contributed by atoms with Crippen molar-refractivity contribution >= 4 is 29.0 Å². The number of carbonyl (C=O) groups is 2. The molecule has 1 aliphatic rings. The number of benzene rings is 2. The number of fused-ring (bicyclic) bond motifs is 1. The number of thiophene rings is 1. The maximum Gasteiger partial charge on any atom is 0.322 e. The van der Waals surface area contributed by atoms with E-state index >= 15 is 0 Å². The van der Waals surface area contributed by atoms with Crippen molar-refractivity contribution in [2.45, 2.75) is 45.7 Å². The van der Waals surface area contributed by atoms with E-state index in [9.17, 15) is 14.0 Å². The first kappa shape index (κ1) is 25.7. The lowest BCUT2D eigenvalue weighted by molar-refractivity contribution is -0.135. The summed E-state index contributed by atoms with van der Waals surface area (Å²) >= 11 is 1.66. The third kappa shape index (κ3) is 5.87. The zero-order chi connectivity index (χ0) is 25.7. The molecule has 3 amide bonds. The molecule has 1 N–H and O–H groups in total. The fraction of sp³-hybridized carbons (Fsp3) is 0.357. The van der Waals surface area contributed by atoms with Crippen LogP contribution in [0.5, 0.6) is 5.75 Å². The molecule has 3 aromatic rings. The normalized spacial score (nSPS) is 15.7. The second-order valence-electron chi connectivity index (χ2n) is 9.07. The number of para-hydroxylation sites is 1. The van der Waals surface area contributed by atoms with E-state index in [1.807, 2.05) is 56.5 Å². The number of anilines is 1. The molecule has 0 spiro atoms. The van der Waals surface area contributed by atoms with E-state index in [2.05, 4.69) is 5.32 Å². The molecule has 0 saturated heterocycles. The van der Waals surface area contributed by atoms with Gasteiger partial charge >= 0.3 is 6.03 Å². The highest BCUT2D eigenvalue weighted by atomic mass is 32.1. The fourth-order valence-electron chi connectivity index (χ4n) is 4.32. The van der Waals surface area contributed by atoms with Gasteiger partial charge in [-0.05, 0) is 68.0 Å². The smallest absolute Gasteiger partial charge is 0.322 e. The van der Waals surface area contributed by atoms with Gasteiger partial charge in [0, 0.05) is 23.2 Å². The molecule has 2 aromatic carbocycles. The third-order valence-electron chi connectivity index (χ3n) is 6.64. The van der Waals surface area contributed by atoms with Gasteiger partial charge in [0.2, 0.25) is 5.91 Å². The van der Waals surface area contributed by atoms with Crippen LogP contribution in [0.15, 0.2) is 60.0 Å². The van der Waals surface area contributed by atoms with Crippen molar-refractivity contribution in [1.29, 1.82) is 0 Å². The summed E-state index contributed by atoms with van der Waals surface area (Å²) < 4.78 is 20.0. The van der Waals surface area contributed by atoms with E-state index < -0.39 is 5.82 Å². The van der Waals surface area contributed by atoms with E-state index in [-0.39, 0.29) is 42.9 Å². The largest absolute Gasteiger partial charge is 0.488 e. The molecule has 0 bridgehead atoms. The molecule has 0 aliphatic carbocycles. The van der Waals surface area contributed by atoms with Gasteiger partial charge in [-0.2, -0.15) is 0 Å². The Balaban J connectivity index is 1.51. The molecular weight excluding hydrogens is 477 g/mol. The van der Waals surface area contributed by atoms with Crippen LogP contribution in [-0.2, 0) is 11.2 Å². The van der Waals surface area contributed by atoms with Gasteiger partial charge in [-0.1, -0.05) is 36.8 Å². The highest BCUT2D eigenvalue weighted by Crippen LogP contribution is 2.34. The number of aryl methyl sites for hydroxylation is 1. The molecule has 8 heteroatoms. The van der Waals surface area contributed by atoms with Crippen molar-refractivity contribution in [3.8, 4) is 5.75 Å². The van der Waals surface area contributed by atoms with Crippen LogP contribution in [0.2, 0.25) is 0 Å². The van der Waals surface area contributed by atoms with Gasteiger partial charge in [0.25, 0.3) is 0 Å². The number of amides is 3. The van der Waals surface area contributed by atoms with E-state index in [0.29, 0.717) is 18.7 Å². The topological polar surface area (TPSA) is 61.9 Å². The van der Waals surface area contributed by atoms with Crippen LogP contribution in [0, 0.1) is 12.7 Å². The van der Waals surface area contributed by atoms with Crippen LogP contribution >= 0.6 is 11.3 Å². The van der Waals surface area contributed by atoms with Gasteiger partial charge in [-0.3, -0.25) is 4.79 Å². The Labute approximate surface area is 215 Å². The first-order valence-corrected chi connectivity index (χ1v) is 13.1. The summed E-state index contributed by atoms with van der Waals surface area (Å²) in [7, 11) is 0. The highest BCUT2D eigenvalue weighted by molar-refractivity contribution is 7.10. The van der Waals surface area contributed by atoms with Crippen molar-refractivity contribution in [3.63, 3.8) is 0 Å². The molecule has 2 atom stereocenters. The van der Waals surface area contributed by atoms with Crippen molar-refractivity contribution in [2.75, 3.05) is 25.0 Å². The molecule has 4 rings (SSSR count). The van der Waals surface area contributed by atoms with E-state index in [1.54, 1.807) is 39.3 Å². The minimum atomic E-state index is -0.438. The lowest BCUT2D eigenvalue weighted by atomic mass is 10.00. The van der Waals surface area contributed by atoms with Crippen LogP contribution in [0.3, 0.4) is 0 Å². The first-order chi connectivity index (χ1) is 17.4. The number of nitrogens with zero attached hydrogens (tertiary/aromatic N) is 2. The summed E-state index contributed by atoms with van der Waals surface area (Å²) in [5.74, 6) is -0.438. The SMILES string of the molecule is CC[C@@H](C)N(CC(=O)N1CCc2sccc2[C@@H]1COc1ccccc1F)C(=O)Nc1ccc(C)cc1. The van der Waals surface area contributed by atoms with Crippen LogP contribution in [0.4, 0.5) is 14.9 Å². The number of ether oxygens (including phenoxy) is 1. The Hall–Kier alpha value is -3.39. The quantitative estimate of drug-likeness (QED) is 0.403. The van der Waals surface area contributed by atoms with Crippen LogP contribution < -0.4 is 10.1 Å². The lowest BCUT2D eigenvalue weighted by Gasteiger charge is -2.38. The second-order valence-corrected chi connectivity index (χ2v) is 10.1. The number of carbonyl (C=O) groups excluding carboxylic acids is 2. The summed E-state index contributed by atoms with van der Waals surface area (Å²) in [5, 5.41) is 4.93. The monoisotopic (exact) mass is 509 g/mol. The number of urea groups is 1. The summed E-state index contributed by atoms with van der Waals surface area (Å²) in [6.45, 7) is 6.52. The molecule has 1 aliphatic heterocycles. The average Bonchev–Trinajstić information content (AvgIpc) is 3.36. The maximum atomic E-state index is 14.2. The Morgan fingerprint density at radius 1 is 1.19 bits per heavy atom. The van der Waals surface area contributed by atoms with Crippen LogP contribution in [0.25, 0.3) is 0 Å². The molecule has 0 radical (unpaired) electrons. The second kappa shape index (κ2) is 11.6. The molecule has 1 aromatic heterocycles. The van der Waals surface area contributed by atoms with Crippen molar-refractivity contribution in [3.05, 3.63) is 81.8 Å². The van der Waals surface area contributed by atoms with Gasteiger partial charge < -0.3 is 19.9 Å². The zero-order valence-electron chi connectivity index (χ0n) is 20.9. The molecule has 190 valence electrons. The minimum absolute atomic E-state index is 0.0532. The molecule has 6 nitrogen and oxygen atoms in total. The van der Waals surface area contributed by atoms with Gasteiger partial charge in [-0.25, -0.2) is 9.18 Å². The Bertz CT molecular complexity index is 1200. The molecule has 2 heterocycles. The standard InChI is InChI=1S/C28H32FN3O3S/c1-4-20(3)32(28(34)30-21-11-9-19(2)10-12-21)17-27(33)31-15-13-26-22(14-16-36-26)24(31)18-35-25-8-6-5-7-23(25)29/h5-12,14,16,20,24H,4,13,15,17-18H2,1-3H3,(H,30,34)/t20-,24+/m1/s1. The van der Waals surface area contributed by atoms with E-state index in [1.165, 1.54) is 10.9 Å². The molecule has 0 fully saturated rings. The number of hydrogen-bond acceptors (Lipinski definition) is 4. The van der Waals surface area contributed by atoms with E-state index in [0.717, 1.165) is 17.5 Å². The van der Waals surface area contributed by atoms with Crippen molar-refractivity contribution < 1.29 is 18.7 Å². The zero-order valence-corrected chi connectivity index (χ0v) is 21.7. The Morgan fingerprint density at radius 2 is 1.94 bits per heavy atom. The Morgan fingerprint density at radius 3 is 2.67 bits per heavy atom. The lowest BCUT2D eigenvalue weighted by Crippen LogP contribution is -2.50. The average molecular weight is 510 g/mol. The fourth-order valence-corrected chi connectivity index (χ4v) is 5.25. The summed E-state index contributed by atoms with van der Waals surface area (Å²) in [6, 6.07) is 15.0. The maximum absolute atomic E-state index is 14.2. The third-order valence-corrected chi connectivity index (χ3v) is 7.64. The molecule has 0 saturated carbocycles. The van der Waals surface area contributed by atoms with Gasteiger partial charge in [0.05, 0.1) is 6.04 Å². The first-order valence-electron chi connectivity index (χ1n) is 12.2. The van der Waals surface area contributed by atoms with Crippen LogP contribution in [0.1, 0.15) is 42.3 Å². The minimum Gasteiger partial charge on any atom is -0.488 e. The van der Waals surface area contributed by atoms with Crippen molar-refractivity contribution in [2.24, 2.45) is 0 Å². The number of nitrogens with one attached hydrogen (secondary N) is 1. The Kier molecular flexibility index (Phi) is 8.25. The van der Waals surface area contributed by atoms with Crippen molar-refractivity contribution in [1.82, 2.24) is 9.80 Å². The predicted octanol–water partition coefficient (Wildman–Crippen LogP) is 6.03. The van der Waals surface area contributed by atoms with Gasteiger partial charge in [0.15, 0.2) is 11.6 Å². The molecule has 36 heavy (non-hydrogen) atoms. The molecular formula is C28H32FN3O3S. The predicted molar refractivity (Wildman–Crippen MR) is 141 cm³/mol. The van der Waals surface area contributed by atoms with Gasteiger partial charge in [-0.15, -0.1) is 11.3 Å². The van der Waals surface area contributed by atoms with E-state index in [4.69, 9.17) is 4.74 Å². The summed E-state index contributed by atoms with van der Waals surface area (Å²) in [6.07, 6.45) is 1.46. The summed E-state index contributed by atoms with van der Waals surface area (Å²) in [4.78, 5) is 31.4. The van der Waals surface area contributed by atoms with Crippen LogP contribution in [-0.4, -0.2) is 47.5 Å².